The van der Waals surface area contributed by atoms with Crippen molar-refractivity contribution in [2.45, 2.75) is 0 Å². The van der Waals surface area contributed by atoms with Crippen LogP contribution < -0.4 is 4.90 Å². The molecule has 0 radical (unpaired) electrons. The molecule has 26 heavy (non-hydrogen) atoms. The maximum Gasteiger partial charge on any atom is 0.273 e. The quantitative estimate of drug-likeness (QED) is 0.657. The Morgan fingerprint density at radius 3 is 2.81 bits per heavy atom. The third-order valence-corrected chi connectivity index (χ3v) is 5.18. The van der Waals surface area contributed by atoms with Gasteiger partial charge in [0.1, 0.15) is 23.2 Å². The molecule has 0 unspecified atom stereocenters. The highest BCUT2D eigenvalue weighted by molar-refractivity contribution is 8.19. The Morgan fingerprint density at radius 1 is 1.23 bits per heavy atom. The van der Waals surface area contributed by atoms with E-state index >= 15 is 0 Å². The van der Waals surface area contributed by atoms with Gasteiger partial charge in [0.2, 0.25) is 0 Å². The molecule has 130 valence electrons. The topological polar surface area (TPSA) is 70.2 Å². The van der Waals surface area contributed by atoms with Crippen molar-refractivity contribution in [1.29, 1.82) is 5.41 Å². The number of hydrogen-bond acceptors (Lipinski definition) is 6. The molecule has 0 spiro atoms. The number of nitrogens with zero attached hydrogens (tertiary/aromatic N) is 2. The monoisotopic (exact) mass is 389 g/mol. The van der Waals surface area contributed by atoms with Crippen molar-refractivity contribution in [1.82, 2.24) is 4.98 Å². The molecule has 1 saturated heterocycles. The predicted molar refractivity (Wildman–Crippen MR) is 97.0 cm³/mol. The first-order valence-electron chi connectivity index (χ1n) is 7.30. The first-order valence-corrected chi connectivity index (χ1v) is 9.00. The first kappa shape index (κ1) is 16.7. The van der Waals surface area contributed by atoms with E-state index in [1.54, 1.807) is 17.6 Å². The number of furan rings is 1. The van der Waals surface area contributed by atoms with Crippen LogP contribution in [0.3, 0.4) is 0 Å². The Bertz CT molecular complexity index is 1040. The molecule has 5 nitrogen and oxygen atoms in total. The third-order valence-electron chi connectivity index (χ3n) is 3.53. The first-order chi connectivity index (χ1) is 12.5. The van der Waals surface area contributed by atoms with Crippen LogP contribution in [0.4, 0.5) is 13.9 Å². The molecular formula is C17H9F2N3O2S2. The van der Waals surface area contributed by atoms with Gasteiger partial charge in [0, 0.05) is 23.7 Å². The number of thiazole rings is 1. The van der Waals surface area contributed by atoms with Gasteiger partial charge in [-0.05, 0) is 36.0 Å². The molecule has 4 rings (SSSR count). The van der Waals surface area contributed by atoms with Crippen molar-refractivity contribution in [3.05, 3.63) is 64.2 Å². The second-order valence-electron chi connectivity index (χ2n) is 5.20. The summed E-state index contributed by atoms with van der Waals surface area (Å²) < 4.78 is 32.4. The summed E-state index contributed by atoms with van der Waals surface area (Å²) in [5, 5.41) is 10.2. The van der Waals surface area contributed by atoms with Crippen LogP contribution in [0.15, 0.2) is 51.2 Å². The lowest BCUT2D eigenvalue weighted by Gasteiger charge is -2.08. The van der Waals surface area contributed by atoms with Crippen LogP contribution in [0.1, 0.15) is 5.76 Å². The van der Waals surface area contributed by atoms with Crippen LogP contribution in [0.2, 0.25) is 0 Å². The zero-order chi connectivity index (χ0) is 18.3. The number of thioether (sulfide) groups is 1. The molecule has 1 N–H and O–H groups in total. The maximum absolute atomic E-state index is 13.9. The number of aromatic nitrogens is 1. The number of rotatable bonds is 3. The standard InChI is InChI=1S/C17H9F2N3O2S2/c18-9-1-3-11(12(19)7-9)13-4-2-10(24-13)8-14-15(23)22(16(20)26-14)17-21-5-6-25-17/h1-8,20H/b14-8+,20-16?. The van der Waals surface area contributed by atoms with Gasteiger partial charge < -0.3 is 4.42 Å². The van der Waals surface area contributed by atoms with Gasteiger partial charge in [-0.25, -0.2) is 18.7 Å². The molecule has 1 fully saturated rings. The van der Waals surface area contributed by atoms with Crippen molar-refractivity contribution in [2.24, 2.45) is 0 Å². The second-order valence-corrected chi connectivity index (χ2v) is 7.10. The van der Waals surface area contributed by atoms with Gasteiger partial charge in [-0.3, -0.25) is 10.2 Å². The summed E-state index contributed by atoms with van der Waals surface area (Å²) >= 11 is 2.25. The second kappa shape index (κ2) is 6.50. The van der Waals surface area contributed by atoms with Crippen LogP contribution in [0.25, 0.3) is 17.4 Å². The summed E-state index contributed by atoms with van der Waals surface area (Å²) in [6.07, 6.45) is 3.04. The molecule has 1 aromatic carbocycles. The van der Waals surface area contributed by atoms with Gasteiger partial charge in [-0.2, -0.15) is 0 Å². The highest BCUT2D eigenvalue weighted by Crippen LogP contribution is 2.36. The molecule has 3 aromatic rings. The van der Waals surface area contributed by atoms with E-state index in [1.165, 1.54) is 34.4 Å². The van der Waals surface area contributed by atoms with E-state index in [9.17, 15) is 13.6 Å². The molecule has 3 heterocycles. The fraction of sp³-hybridized carbons (Fsp3) is 0. The molecule has 0 saturated carbocycles. The van der Waals surface area contributed by atoms with Crippen LogP contribution >= 0.6 is 23.1 Å². The number of amidine groups is 1. The summed E-state index contributed by atoms with van der Waals surface area (Å²) in [4.78, 5) is 18.1. The molecule has 0 aliphatic carbocycles. The normalized spacial score (nSPS) is 16.1. The van der Waals surface area contributed by atoms with E-state index in [-0.39, 0.29) is 22.4 Å². The predicted octanol–water partition coefficient (Wildman–Crippen LogP) is 4.74. The molecule has 0 atom stereocenters. The van der Waals surface area contributed by atoms with Crippen molar-refractivity contribution < 1.29 is 18.0 Å². The minimum absolute atomic E-state index is 0.0487. The Kier molecular flexibility index (Phi) is 4.17. The van der Waals surface area contributed by atoms with E-state index in [0.29, 0.717) is 15.8 Å². The molecule has 2 aromatic heterocycles. The Morgan fingerprint density at radius 2 is 2.08 bits per heavy atom. The summed E-state index contributed by atoms with van der Waals surface area (Å²) in [6.45, 7) is 0. The van der Waals surface area contributed by atoms with Crippen molar-refractivity contribution >= 4 is 45.4 Å². The highest BCUT2D eigenvalue weighted by Gasteiger charge is 2.35. The number of carbonyl (C=O) groups excluding carboxylic acids is 1. The average Bonchev–Trinajstić information content (AvgIpc) is 3.31. The van der Waals surface area contributed by atoms with Crippen molar-refractivity contribution in [3.8, 4) is 11.3 Å². The summed E-state index contributed by atoms with van der Waals surface area (Å²) in [5.41, 5.74) is 0.124. The molecule has 1 amide bonds. The van der Waals surface area contributed by atoms with E-state index in [1.807, 2.05) is 0 Å². The summed E-state index contributed by atoms with van der Waals surface area (Å²) in [6, 6.07) is 6.32. The fourth-order valence-electron chi connectivity index (χ4n) is 2.38. The molecule has 0 bridgehead atoms. The Balaban J connectivity index is 1.63. The minimum atomic E-state index is -0.735. The van der Waals surface area contributed by atoms with Crippen molar-refractivity contribution in [3.63, 3.8) is 0 Å². The molecule has 9 heteroatoms. The number of carbonyl (C=O) groups is 1. The number of nitrogens with one attached hydrogen (secondary N) is 1. The van der Waals surface area contributed by atoms with Crippen LogP contribution in [0, 0.1) is 17.0 Å². The van der Waals surface area contributed by atoms with E-state index in [0.717, 1.165) is 23.9 Å². The van der Waals surface area contributed by atoms with Gasteiger partial charge in [0.05, 0.1) is 10.5 Å². The molecule has 1 aliphatic rings. The number of benzene rings is 1. The summed E-state index contributed by atoms with van der Waals surface area (Å²) in [7, 11) is 0. The lowest BCUT2D eigenvalue weighted by Crippen LogP contribution is -2.27. The van der Waals surface area contributed by atoms with Crippen LogP contribution in [0.5, 0.6) is 0 Å². The third kappa shape index (κ3) is 2.95. The number of hydrogen-bond donors (Lipinski definition) is 1. The van der Waals surface area contributed by atoms with Gasteiger partial charge >= 0.3 is 0 Å². The van der Waals surface area contributed by atoms with Gasteiger partial charge in [-0.1, -0.05) is 0 Å². The molecular weight excluding hydrogens is 380 g/mol. The van der Waals surface area contributed by atoms with Gasteiger partial charge in [0.15, 0.2) is 10.3 Å². The van der Waals surface area contributed by atoms with Crippen LogP contribution in [-0.2, 0) is 4.79 Å². The maximum atomic E-state index is 13.9. The smallest absolute Gasteiger partial charge is 0.273 e. The van der Waals surface area contributed by atoms with Crippen LogP contribution in [-0.4, -0.2) is 16.1 Å². The van der Waals surface area contributed by atoms with Gasteiger partial charge in [0.25, 0.3) is 5.91 Å². The van der Waals surface area contributed by atoms with Crippen molar-refractivity contribution in [2.75, 3.05) is 4.90 Å². The lowest BCUT2D eigenvalue weighted by molar-refractivity contribution is -0.113. The number of amides is 1. The number of anilines is 1. The average molecular weight is 389 g/mol. The minimum Gasteiger partial charge on any atom is -0.457 e. The van der Waals surface area contributed by atoms with E-state index < -0.39 is 11.6 Å². The lowest BCUT2D eigenvalue weighted by atomic mass is 10.1. The Labute approximate surface area is 154 Å². The Hall–Kier alpha value is -2.78. The summed E-state index contributed by atoms with van der Waals surface area (Å²) in [5.74, 6) is -1.23. The van der Waals surface area contributed by atoms with E-state index in [4.69, 9.17) is 9.83 Å². The highest BCUT2D eigenvalue weighted by atomic mass is 32.2. The fourth-order valence-corrected chi connectivity index (χ4v) is 3.91. The zero-order valence-electron chi connectivity index (χ0n) is 12.9. The number of halogens is 2. The SMILES string of the molecule is N=C1S/C(=C/c2ccc(-c3ccc(F)cc3F)o2)C(=O)N1c1nccs1. The largest absolute Gasteiger partial charge is 0.457 e. The van der Waals surface area contributed by atoms with E-state index in [2.05, 4.69) is 4.98 Å². The van der Waals surface area contributed by atoms with Gasteiger partial charge in [-0.15, -0.1) is 11.3 Å². The molecule has 1 aliphatic heterocycles. The zero-order valence-corrected chi connectivity index (χ0v) is 14.5.